The summed E-state index contributed by atoms with van der Waals surface area (Å²) >= 11 is 5.45. The van der Waals surface area contributed by atoms with E-state index < -0.39 is 0 Å². The number of aromatic nitrogens is 3. The Labute approximate surface area is 149 Å². The van der Waals surface area contributed by atoms with Crippen LogP contribution in [0.5, 0.6) is 0 Å². The molecule has 4 nitrogen and oxygen atoms in total. The first-order chi connectivity index (χ1) is 11.9. The Bertz CT molecular complexity index is 914. The predicted octanol–water partition coefficient (Wildman–Crippen LogP) is 3.99. The summed E-state index contributed by atoms with van der Waals surface area (Å²) < 4.78 is 30.2. The zero-order valence-corrected chi connectivity index (χ0v) is 14.8. The highest BCUT2D eigenvalue weighted by atomic mass is 32.1. The second-order valence-corrected chi connectivity index (χ2v) is 6.32. The highest BCUT2D eigenvalue weighted by Crippen LogP contribution is 2.18. The van der Waals surface area contributed by atoms with E-state index in [4.69, 9.17) is 12.2 Å². The number of benzene rings is 2. The molecular weight excluding hydrogens is 342 g/mol. The first-order valence-electron chi connectivity index (χ1n) is 7.77. The molecule has 0 aliphatic heterocycles. The van der Waals surface area contributed by atoms with Crippen LogP contribution in [0.3, 0.4) is 0 Å². The molecule has 130 valence electrons. The van der Waals surface area contributed by atoms with Crippen LogP contribution < -0.4 is 0 Å². The van der Waals surface area contributed by atoms with Crippen LogP contribution in [0.2, 0.25) is 0 Å². The van der Waals surface area contributed by atoms with Crippen LogP contribution in [0.1, 0.15) is 5.56 Å². The molecule has 7 heteroatoms. The fourth-order valence-corrected chi connectivity index (χ4v) is 2.80. The van der Waals surface area contributed by atoms with Crippen LogP contribution >= 0.6 is 12.2 Å². The van der Waals surface area contributed by atoms with E-state index in [0.29, 0.717) is 23.8 Å². The highest BCUT2D eigenvalue weighted by molar-refractivity contribution is 7.71. The van der Waals surface area contributed by atoms with Crippen molar-refractivity contribution in [2.24, 2.45) is 7.05 Å². The fraction of sp³-hybridized carbons (Fsp3) is 0.222. The Kier molecular flexibility index (Phi) is 5.06. The van der Waals surface area contributed by atoms with Crippen molar-refractivity contribution in [2.75, 3.05) is 7.05 Å². The van der Waals surface area contributed by atoms with Gasteiger partial charge in [0, 0.05) is 19.2 Å². The van der Waals surface area contributed by atoms with Gasteiger partial charge in [-0.2, -0.15) is 5.10 Å². The lowest BCUT2D eigenvalue weighted by molar-refractivity contribution is 0.244. The maximum absolute atomic E-state index is 13.1. The molecule has 0 bridgehead atoms. The van der Waals surface area contributed by atoms with E-state index in [1.165, 1.54) is 24.3 Å². The molecule has 0 atom stereocenters. The minimum Gasteiger partial charge on any atom is -0.303 e. The van der Waals surface area contributed by atoms with Gasteiger partial charge in [0.1, 0.15) is 11.6 Å². The molecule has 25 heavy (non-hydrogen) atoms. The SMILES string of the molecule is CN(Cc1ccc(F)cc1)Cn1nc(-c2ccc(F)cc2)n(C)c1=S. The van der Waals surface area contributed by atoms with E-state index in [-0.39, 0.29) is 11.6 Å². The summed E-state index contributed by atoms with van der Waals surface area (Å²) in [6, 6.07) is 12.6. The molecule has 3 aromatic rings. The van der Waals surface area contributed by atoms with Gasteiger partial charge in [0.15, 0.2) is 10.6 Å². The largest absolute Gasteiger partial charge is 0.303 e. The average molecular weight is 360 g/mol. The molecule has 0 saturated carbocycles. The average Bonchev–Trinajstić information content (AvgIpc) is 2.86. The lowest BCUT2D eigenvalue weighted by atomic mass is 10.2. The van der Waals surface area contributed by atoms with Crippen LogP contribution in [0.4, 0.5) is 8.78 Å². The van der Waals surface area contributed by atoms with Crippen molar-refractivity contribution >= 4 is 12.2 Å². The second kappa shape index (κ2) is 7.25. The topological polar surface area (TPSA) is 26.0 Å². The predicted molar refractivity (Wildman–Crippen MR) is 95.3 cm³/mol. The molecule has 1 aromatic heterocycles. The highest BCUT2D eigenvalue weighted by Gasteiger charge is 2.11. The molecule has 0 radical (unpaired) electrons. The van der Waals surface area contributed by atoms with Crippen molar-refractivity contribution in [1.82, 2.24) is 19.2 Å². The van der Waals surface area contributed by atoms with E-state index in [1.807, 2.05) is 19.0 Å². The van der Waals surface area contributed by atoms with Crippen LogP contribution in [0, 0.1) is 16.4 Å². The molecular formula is C18H18F2N4S. The summed E-state index contributed by atoms with van der Waals surface area (Å²) in [4.78, 5) is 2.03. The van der Waals surface area contributed by atoms with Crippen molar-refractivity contribution in [3.8, 4) is 11.4 Å². The molecule has 0 spiro atoms. The van der Waals surface area contributed by atoms with Crippen molar-refractivity contribution in [2.45, 2.75) is 13.2 Å². The van der Waals surface area contributed by atoms with Gasteiger partial charge in [0.05, 0.1) is 6.67 Å². The van der Waals surface area contributed by atoms with Gasteiger partial charge in [-0.1, -0.05) is 12.1 Å². The molecule has 0 aliphatic rings. The molecule has 3 rings (SSSR count). The molecule has 0 unspecified atom stereocenters. The minimum absolute atomic E-state index is 0.248. The van der Waals surface area contributed by atoms with Crippen LogP contribution in [0.15, 0.2) is 48.5 Å². The molecule has 0 amide bonds. The third kappa shape index (κ3) is 4.00. The first kappa shape index (κ1) is 17.4. The van der Waals surface area contributed by atoms with Crippen LogP contribution in [-0.4, -0.2) is 26.3 Å². The molecule has 1 heterocycles. The van der Waals surface area contributed by atoms with Crippen molar-refractivity contribution < 1.29 is 8.78 Å². The Balaban J connectivity index is 1.78. The maximum Gasteiger partial charge on any atom is 0.199 e. The summed E-state index contributed by atoms with van der Waals surface area (Å²) in [6.45, 7) is 1.13. The number of nitrogens with zero attached hydrogens (tertiary/aromatic N) is 4. The minimum atomic E-state index is -0.288. The van der Waals surface area contributed by atoms with E-state index in [9.17, 15) is 8.78 Å². The summed E-state index contributed by atoms with van der Waals surface area (Å²) in [7, 11) is 3.78. The van der Waals surface area contributed by atoms with Gasteiger partial charge in [-0.25, -0.2) is 13.5 Å². The van der Waals surface area contributed by atoms with Crippen molar-refractivity contribution in [1.29, 1.82) is 0 Å². The van der Waals surface area contributed by atoms with Gasteiger partial charge in [-0.05, 0) is 61.2 Å². The standard InChI is InChI=1S/C18H18F2N4S/c1-22(11-13-3-7-15(19)8-4-13)12-24-18(25)23(2)17(21-24)14-5-9-16(20)10-6-14/h3-10H,11-12H2,1-2H3. The summed E-state index contributed by atoms with van der Waals surface area (Å²) in [6.07, 6.45) is 0. The fourth-order valence-electron chi connectivity index (χ4n) is 2.61. The Morgan fingerprint density at radius 1 is 1.00 bits per heavy atom. The third-order valence-electron chi connectivity index (χ3n) is 3.88. The van der Waals surface area contributed by atoms with E-state index in [2.05, 4.69) is 5.10 Å². The van der Waals surface area contributed by atoms with Gasteiger partial charge in [-0.3, -0.25) is 4.90 Å². The van der Waals surface area contributed by atoms with E-state index in [1.54, 1.807) is 33.5 Å². The summed E-state index contributed by atoms with van der Waals surface area (Å²) in [5, 5.41) is 4.56. The van der Waals surface area contributed by atoms with Gasteiger partial charge in [0.25, 0.3) is 0 Å². The normalized spacial score (nSPS) is 11.2. The van der Waals surface area contributed by atoms with Gasteiger partial charge < -0.3 is 4.57 Å². The Morgan fingerprint density at radius 2 is 1.56 bits per heavy atom. The third-order valence-corrected chi connectivity index (χ3v) is 4.37. The van der Waals surface area contributed by atoms with Gasteiger partial charge in [-0.15, -0.1) is 0 Å². The van der Waals surface area contributed by atoms with Gasteiger partial charge >= 0.3 is 0 Å². The maximum atomic E-state index is 13.1. The summed E-state index contributed by atoms with van der Waals surface area (Å²) in [5.74, 6) is 0.144. The zero-order chi connectivity index (χ0) is 18.0. The lowest BCUT2D eigenvalue weighted by Crippen LogP contribution is -2.22. The van der Waals surface area contributed by atoms with Crippen molar-refractivity contribution in [3.05, 3.63) is 70.5 Å². The van der Waals surface area contributed by atoms with E-state index in [0.717, 1.165) is 11.1 Å². The molecule has 0 N–H and O–H groups in total. The van der Waals surface area contributed by atoms with Crippen LogP contribution in [-0.2, 0) is 20.3 Å². The van der Waals surface area contributed by atoms with Gasteiger partial charge in [0.2, 0.25) is 0 Å². The van der Waals surface area contributed by atoms with Crippen molar-refractivity contribution in [3.63, 3.8) is 0 Å². The Morgan fingerprint density at radius 3 is 2.16 bits per heavy atom. The smallest absolute Gasteiger partial charge is 0.199 e. The zero-order valence-electron chi connectivity index (χ0n) is 14.0. The molecule has 0 saturated heterocycles. The monoisotopic (exact) mass is 360 g/mol. The van der Waals surface area contributed by atoms with E-state index >= 15 is 0 Å². The first-order valence-corrected chi connectivity index (χ1v) is 8.17. The molecule has 0 aliphatic carbocycles. The second-order valence-electron chi connectivity index (χ2n) is 5.95. The Hall–Kier alpha value is -2.38. The number of rotatable bonds is 5. The molecule has 0 fully saturated rings. The summed E-state index contributed by atoms with van der Waals surface area (Å²) in [5.41, 5.74) is 1.81. The number of hydrogen-bond donors (Lipinski definition) is 0. The van der Waals surface area contributed by atoms with Crippen LogP contribution in [0.25, 0.3) is 11.4 Å². The number of hydrogen-bond acceptors (Lipinski definition) is 3. The molecule has 2 aromatic carbocycles. The lowest BCUT2D eigenvalue weighted by Gasteiger charge is -2.16. The quantitative estimate of drug-likeness (QED) is 0.644. The number of halogens is 2.